The molecule has 1 aliphatic rings. The number of nitrogens with one attached hydrogen (secondary N) is 1. The Labute approximate surface area is 190 Å². The fraction of sp³-hybridized carbons (Fsp3) is 0.300. The van der Waals surface area contributed by atoms with E-state index in [1.807, 2.05) is 0 Å². The minimum atomic E-state index is -4.72. The van der Waals surface area contributed by atoms with Gasteiger partial charge in [-0.1, -0.05) is 11.6 Å². The number of carbonyl (C=O) groups is 2. The van der Waals surface area contributed by atoms with Crippen LogP contribution in [0.3, 0.4) is 0 Å². The summed E-state index contributed by atoms with van der Waals surface area (Å²) in [6, 6.07) is 6.56. The van der Waals surface area contributed by atoms with Crippen molar-refractivity contribution in [3.63, 3.8) is 0 Å². The Morgan fingerprint density at radius 1 is 1.18 bits per heavy atom. The van der Waals surface area contributed by atoms with Crippen molar-refractivity contribution in [2.75, 3.05) is 43.1 Å². The highest BCUT2D eigenvalue weighted by molar-refractivity contribution is 6.31. The number of alkyl halides is 3. The molecule has 33 heavy (non-hydrogen) atoms. The molecule has 3 rings (SSSR count). The van der Waals surface area contributed by atoms with E-state index in [0.29, 0.717) is 38.1 Å². The molecule has 0 radical (unpaired) electrons. The fourth-order valence-electron chi connectivity index (χ4n) is 3.10. The summed E-state index contributed by atoms with van der Waals surface area (Å²) in [7, 11) is 0. The Bertz CT molecular complexity index is 1070. The number of hydrogen-bond donors (Lipinski definition) is 1. The van der Waals surface area contributed by atoms with Gasteiger partial charge in [0.15, 0.2) is 6.61 Å². The fourth-order valence-corrected chi connectivity index (χ4v) is 3.32. The summed E-state index contributed by atoms with van der Waals surface area (Å²) in [5, 5.41) is 13.1. The van der Waals surface area contributed by atoms with Gasteiger partial charge in [-0.05, 0) is 30.3 Å². The molecule has 1 fully saturated rings. The lowest BCUT2D eigenvalue weighted by atomic mass is 10.1. The Kier molecular flexibility index (Phi) is 7.39. The van der Waals surface area contributed by atoms with Crippen molar-refractivity contribution >= 4 is 40.5 Å². The molecule has 9 nitrogen and oxygen atoms in total. The van der Waals surface area contributed by atoms with Gasteiger partial charge in [0.25, 0.3) is 11.6 Å². The van der Waals surface area contributed by atoms with Crippen molar-refractivity contribution in [2.45, 2.75) is 6.18 Å². The van der Waals surface area contributed by atoms with E-state index in [4.69, 9.17) is 21.1 Å². The van der Waals surface area contributed by atoms with Gasteiger partial charge in [-0.2, -0.15) is 13.2 Å². The first-order valence-corrected chi connectivity index (χ1v) is 9.89. The van der Waals surface area contributed by atoms with Gasteiger partial charge in [0, 0.05) is 24.8 Å². The lowest BCUT2D eigenvalue weighted by Gasteiger charge is -2.28. The van der Waals surface area contributed by atoms with Crippen LogP contribution in [0.15, 0.2) is 36.4 Å². The monoisotopic (exact) mass is 487 g/mol. The molecule has 176 valence electrons. The Morgan fingerprint density at radius 2 is 1.88 bits per heavy atom. The predicted molar refractivity (Wildman–Crippen MR) is 111 cm³/mol. The maximum atomic E-state index is 12.9. The molecule has 2 aromatic carbocycles. The van der Waals surface area contributed by atoms with Crippen LogP contribution in [0.4, 0.5) is 30.2 Å². The van der Waals surface area contributed by atoms with E-state index in [1.54, 1.807) is 4.90 Å². The summed E-state index contributed by atoms with van der Waals surface area (Å²) < 4.78 is 48.8. The van der Waals surface area contributed by atoms with Crippen LogP contribution in [-0.4, -0.2) is 49.7 Å². The molecule has 2 aromatic rings. The standard InChI is InChI=1S/C20H17ClF3N3O6/c21-15-3-2-13(10-14(15)20(22,23)24)25-18(28)11-33-19(29)12-1-4-16(17(9-12)27(30)31)26-5-7-32-8-6-26/h1-4,9-10H,5-8,11H2,(H,25,28). The van der Waals surface area contributed by atoms with Crippen LogP contribution in [0, 0.1) is 10.1 Å². The van der Waals surface area contributed by atoms with E-state index in [2.05, 4.69) is 5.32 Å². The van der Waals surface area contributed by atoms with Crippen molar-refractivity contribution < 1.29 is 37.2 Å². The van der Waals surface area contributed by atoms with Crippen LogP contribution in [0.2, 0.25) is 5.02 Å². The molecular weight excluding hydrogens is 471 g/mol. The lowest BCUT2D eigenvalue weighted by molar-refractivity contribution is -0.384. The highest BCUT2D eigenvalue weighted by Gasteiger charge is 2.33. The number of rotatable bonds is 6. The number of hydrogen-bond acceptors (Lipinski definition) is 7. The average Bonchev–Trinajstić information content (AvgIpc) is 2.78. The van der Waals surface area contributed by atoms with Gasteiger partial charge in [-0.3, -0.25) is 14.9 Å². The lowest BCUT2D eigenvalue weighted by Crippen LogP contribution is -2.36. The second kappa shape index (κ2) is 10.0. The molecule has 1 saturated heterocycles. The van der Waals surface area contributed by atoms with Gasteiger partial charge < -0.3 is 19.7 Å². The number of morpholine rings is 1. The zero-order chi connectivity index (χ0) is 24.2. The minimum absolute atomic E-state index is 0.155. The molecule has 0 atom stereocenters. The quantitative estimate of drug-likeness (QED) is 0.373. The maximum Gasteiger partial charge on any atom is 0.417 e. The highest BCUT2D eigenvalue weighted by atomic mass is 35.5. The van der Waals surface area contributed by atoms with Crippen LogP contribution in [0.5, 0.6) is 0 Å². The molecular formula is C20H17ClF3N3O6. The summed E-state index contributed by atoms with van der Waals surface area (Å²) in [5.74, 6) is -1.91. The molecule has 0 bridgehead atoms. The van der Waals surface area contributed by atoms with Crippen LogP contribution in [0.1, 0.15) is 15.9 Å². The van der Waals surface area contributed by atoms with E-state index in [1.165, 1.54) is 12.1 Å². The van der Waals surface area contributed by atoms with E-state index in [9.17, 15) is 32.9 Å². The van der Waals surface area contributed by atoms with Crippen molar-refractivity contribution in [2.24, 2.45) is 0 Å². The Balaban J connectivity index is 1.65. The molecule has 0 saturated carbocycles. The van der Waals surface area contributed by atoms with Crippen molar-refractivity contribution in [1.82, 2.24) is 0 Å². The summed E-state index contributed by atoms with van der Waals surface area (Å²) in [6.45, 7) is 0.904. The molecule has 1 amide bonds. The van der Waals surface area contributed by atoms with Crippen LogP contribution in [0.25, 0.3) is 0 Å². The molecule has 1 aliphatic heterocycles. The van der Waals surface area contributed by atoms with Crippen molar-refractivity contribution in [1.29, 1.82) is 0 Å². The molecule has 1 heterocycles. The predicted octanol–water partition coefficient (Wildman–Crippen LogP) is 3.90. The number of carbonyl (C=O) groups excluding carboxylic acids is 2. The second-order valence-electron chi connectivity index (χ2n) is 6.88. The summed E-state index contributed by atoms with van der Waals surface area (Å²) in [6.07, 6.45) is -4.72. The zero-order valence-corrected chi connectivity index (χ0v) is 17.6. The zero-order valence-electron chi connectivity index (χ0n) is 16.9. The number of benzene rings is 2. The number of anilines is 2. The van der Waals surface area contributed by atoms with Gasteiger partial charge in [0.1, 0.15) is 5.69 Å². The van der Waals surface area contributed by atoms with E-state index in [-0.39, 0.29) is 16.9 Å². The first kappa shape index (κ1) is 24.3. The van der Waals surface area contributed by atoms with E-state index < -0.39 is 40.2 Å². The number of nitrogens with zero attached hydrogens (tertiary/aromatic N) is 2. The van der Waals surface area contributed by atoms with Gasteiger partial charge in [-0.25, -0.2) is 4.79 Å². The third kappa shape index (κ3) is 6.11. The summed E-state index contributed by atoms with van der Waals surface area (Å²) in [4.78, 5) is 36.9. The number of amides is 1. The normalized spacial score (nSPS) is 14.0. The molecule has 0 aliphatic carbocycles. The largest absolute Gasteiger partial charge is 0.452 e. The highest BCUT2D eigenvalue weighted by Crippen LogP contribution is 2.36. The van der Waals surface area contributed by atoms with Crippen LogP contribution in [-0.2, 0) is 20.4 Å². The number of nitro benzene ring substituents is 1. The van der Waals surface area contributed by atoms with Crippen molar-refractivity contribution in [3.05, 3.63) is 62.7 Å². The van der Waals surface area contributed by atoms with Gasteiger partial charge in [-0.15, -0.1) is 0 Å². The minimum Gasteiger partial charge on any atom is -0.452 e. The van der Waals surface area contributed by atoms with E-state index >= 15 is 0 Å². The Morgan fingerprint density at radius 3 is 2.52 bits per heavy atom. The SMILES string of the molecule is O=C(COC(=O)c1ccc(N2CCOCC2)c([N+](=O)[O-])c1)Nc1ccc(Cl)c(C(F)(F)F)c1. The topological polar surface area (TPSA) is 111 Å². The first-order chi connectivity index (χ1) is 15.6. The number of nitro groups is 1. The summed E-state index contributed by atoms with van der Waals surface area (Å²) >= 11 is 5.52. The third-order valence-electron chi connectivity index (χ3n) is 4.65. The molecule has 13 heteroatoms. The van der Waals surface area contributed by atoms with Crippen LogP contribution < -0.4 is 10.2 Å². The number of halogens is 4. The first-order valence-electron chi connectivity index (χ1n) is 9.51. The number of esters is 1. The van der Waals surface area contributed by atoms with Gasteiger partial charge in [0.2, 0.25) is 0 Å². The van der Waals surface area contributed by atoms with E-state index in [0.717, 1.165) is 18.2 Å². The molecule has 0 spiro atoms. The van der Waals surface area contributed by atoms with Gasteiger partial charge >= 0.3 is 12.1 Å². The van der Waals surface area contributed by atoms with Gasteiger partial charge in [0.05, 0.1) is 34.3 Å². The van der Waals surface area contributed by atoms with Crippen LogP contribution >= 0.6 is 11.6 Å². The average molecular weight is 488 g/mol. The maximum absolute atomic E-state index is 12.9. The molecule has 0 aromatic heterocycles. The third-order valence-corrected chi connectivity index (χ3v) is 4.98. The smallest absolute Gasteiger partial charge is 0.417 e. The second-order valence-corrected chi connectivity index (χ2v) is 7.28. The Hall–Kier alpha value is -3.38. The molecule has 1 N–H and O–H groups in total. The van der Waals surface area contributed by atoms with Crippen molar-refractivity contribution in [3.8, 4) is 0 Å². The number of ether oxygens (including phenoxy) is 2. The summed E-state index contributed by atoms with van der Waals surface area (Å²) in [5.41, 5.74) is -1.47. The molecule has 0 unspecified atom stereocenters.